The van der Waals surface area contributed by atoms with Gasteiger partial charge in [0.25, 0.3) is 5.69 Å². The second-order valence-corrected chi connectivity index (χ2v) is 5.14. The molecule has 2 aromatic rings. The molecular weight excluding hydrogens is 322 g/mol. The lowest BCUT2D eigenvalue weighted by atomic mass is 10.1. The lowest BCUT2D eigenvalue weighted by Crippen LogP contribution is -2.05. The van der Waals surface area contributed by atoms with Crippen LogP contribution in [-0.2, 0) is 0 Å². The summed E-state index contributed by atoms with van der Waals surface area (Å²) >= 11 is 0. The van der Waals surface area contributed by atoms with Crippen LogP contribution in [0.25, 0.3) is 0 Å². The van der Waals surface area contributed by atoms with E-state index < -0.39 is 4.92 Å². The molecule has 7 heteroatoms. The molecule has 0 aliphatic carbocycles. The van der Waals surface area contributed by atoms with Gasteiger partial charge in [-0.3, -0.25) is 15.5 Å². The van der Waals surface area contributed by atoms with Crippen LogP contribution in [0.5, 0.6) is 11.5 Å². The number of anilines is 1. The molecule has 132 valence electrons. The molecule has 0 bridgehead atoms. The molecule has 0 aliphatic rings. The van der Waals surface area contributed by atoms with Gasteiger partial charge in [-0.15, -0.1) is 0 Å². The normalized spacial score (nSPS) is 11.1. The van der Waals surface area contributed by atoms with Gasteiger partial charge < -0.3 is 9.47 Å². The van der Waals surface area contributed by atoms with Crippen molar-refractivity contribution in [2.45, 2.75) is 20.8 Å². The quantitative estimate of drug-likeness (QED) is 0.440. The third kappa shape index (κ3) is 4.94. The van der Waals surface area contributed by atoms with Crippen molar-refractivity contribution in [2.75, 3.05) is 18.6 Å². The molecule has 1 N–H and O–H groups in total. The number of rotatable bonds is 8. The maximum absolute atomic E-state index is 10.8. The van der Waals surface area contributed by atoms with Crippen molar-refractivity contribution in [3.05, 3.63) is 58.1 Å². The molecule has 0 radical (unpaired) electrons. The molecule has 0 saturated heterocycles. The lowest BCUT2D eigenvalue weighted by molar-refractivity contribution is -0.384. The smallest absolute Gasteiger partial charge is 0.271 e. The zero-order chi connectivity index (χ0) is 18.2. The minimum absolute atomic E-state index is 0.00574. The largest absolute Gasteiger partial charge is 0.494 e. The number of ether oxygens (including phenoxy) is 2. The summed E-state index contributed by atoms with van der Waals surface area (Å²) in [6.07, 6.45) is 0. The van der Waals surface area contributed by atoms with Crippen LogP contribution in [0.4, 0.5) is 11.4 Å². The molecule has 0 atom stereocenters. The maximum atomic E-state index is 10.8. The summed E-state index contributed by atoms with van der Waals surface area (Å²) in [6.45, 7) is 6.76. The number of nitrogens with zero attached hydrogens (tertiary/aromatic N) is 2. The van der Waals surface area contributed by atoms with E-state index in [1.54, 1.807) is 12.1 Å². The van der Waals surface area contributed by atoms with Gasteiger partial charge in [-0.05, 0) is 45.0 Å². The molecule has 0 heterocycles. The standard InChI is InChI=1S/C18H21N3O4/c1-4-24-16-9-10-18(25-5-2)17(12-16)13(3)19-20-14-7-6-8-15(11-14)21(22)23/h6-12,20H,4-5H2,1-3H3/b19-13-. The Labute approximate surface area is 146 Å². The van der Waals surface area contributed by atoms with E-state index in [4.69, 9.17) is 9.47 Å². The van der Waals surface area contributed by atoms with E-state index in [0.717, 1.165) is 11.3 Å². The fraction of sp³-hybridized carbons (Fsp3) is 0.278. The minimum Gasteiger partial charge on any atom is -0.494 e. The van der Waals surface area contributed by atoms with Gasteiger partial charge in [0, 0.05) is 17.7 Å². The first-order chi connectivity index (χ1) is 12.0. The highest BCUT2D eigenvalue weighted by Crippen LogP contribution is 2.25. The van der Waals surface area contributed by atoms with Crippen LogP contribution in [0.3, 0.4) is 0 Å². The molecule has 0 fully saturated rings. The molecule has 2 rings (SSSR count). The monoisotopic (exact) mass is 343 g/mol. The van der Waals surface area contributed by atoms with E-state index >= 15 is 0 Å². The molecule has 0 amide bonds. The van der Waals surface area contributed by atoms with Gasteiger partial charge in [0.15, 0.2) is 0 Å². The number of nitro groups is 1. The van der Waals surface area contributed by atoms with Gasteiger partial charge in [-0.25, -0.2) is 0 Å². The Bertz CT molecular complexity index is 775. The summed E-state index contributed by atoms with van der Waals surface area (Å²) in [6, 6.07) is 11.7. The summed E-state index contributed by atoms with van der Waals surface area (Å²) < 4.78 is 11.2. The molecular formula is C18H21N3O4. The third-order valence-electron chi connectivity index (χ3n) is 3.36. The van der Waals surface area contributed by atoms with Crippen LogP contribution in [0, 0.1) is 10.1 Å². The van der Waals surface area contributed by atoms with Crippen LogP contribution in [-0.4, -0.2) is 23.8 Å². The Morgan fingerprint density at radius 1 is 1.16 bits per heavy atom. The maximum Gasteiger partial charge on any atom is 0.271 e. The highest BCUT2D eigenvalue weighted by molar-refractivity contribution is 6.01. The predicted octanol–water partition coefficient (Wildman–Crippen LogP) is 4.23. The number of nitrogens with one attached hydrogen (secondary N) is 1. The number of non-ortho nitro benzene ring substituents is 1. The van der Waals surface area contributed by atoms with E-state index in [1.165, 1.54) is 12.1 Å². The second-order valence-electron chi connectivity index (χ2n) is 5.14. The van der Waals surface area contributed by atoms with E-state index in [-0.39, 0.29) is 5.69 Å². The van der Waals surface area contributed by atoms with Crippen molar-refractivity contribution in [3.63, 3.8) is 0 Å². The van der Waals surface area contributed by atoms with Crippen molar-refractivity contribution < 1.29 is 14.4 Å². The van der Waals surface area contributed by atoms with E-state index in [2.05, 4.69) is 10.5 Å². The van der Waals surface area contributed by atoms with Crippen molar-refractivity contribution in [1.82, 2.24) is 0 Å². The molecule has 0 aliphatic heterocycles. The average Bonchev–Trinajstić information content (AvgIpc) is 2.61. The summed E-state index contributed by atoms with van der Waals surface area (Å²) in [5.74, 6) is 1.43. The van der Waals surface area contributed by atoms with Gasteiger partial charge in [-0.2, -0.15) is 5.10 Å². The van der Waals surface area contributed by atoms with Crippen LogP contribution in [0.2, 0.25) is 0 Å². The van der Waals surface area contributed by atoms with Gasteiger partial charge in [0.05, 0.1) is 29.5 Å². The van der Waals surface area contributed by atoms with Gasteiger partial charge in [-0.1, -0.05) is 6.07 Å². The number of hydrogen-bond donors (Lipinski definition) is 1. The first kappa shape index (κ1) is 18.3. The molecule has 0 aromatic heterocycles. The Kier molecular flexibility index (Phi) is 6.33. The van der Waals surface area contributed by atoms with Crippen LogP contribution in [0.15, 0.2) is 47.6 Å². The zero-order valence-electron chi connectivity index (χ0n) is 14.5. The summed E-state index contributed by atoms with van der Waals surface area (Å²) in [5, 5.41) is 15.2. The van der Waals surface area contributed by atoms with Crippen LogP contribution in [0.1, 0.15) is 26.3 Å². The number of hydrazone groups is 1. The first-order valence-electron chi connectivity index (χ1n) is 8.00. The summed E-state index contributed by atoms with van der Waals surface area (Å²) in [5.41, 5.74) is 4.86. The molecule has 0 unspecified atom stereocenters. The second kappa shape index (κ2) is 8.68. The fourth-order valence-electron chi connectivity index (χ4n) is 2.23. The van der Waals surface area contributed by atoms with Crippen molar-refractivity contribution in [2.24, 2.45) is 5.10 Å². The first-order valence-corrected chi connectivity index (χ1v) is 8.00. The average molecular weight is 343 g/mol. The zero-order valence-corrected chi connectivity index (χ0v) is 14.5. The molecule has 7 nitrogen and oxygen atoms in total. The van der Waals surface area contributed by atoms with E-state index in [1.807, 2.05) is 39.0 Å². The Hall–Kier alpha value is -3.09. The van der Waals surface area contributed by atoms with Crippen LogP contribution < -0.4 is 14.9 Å². The topological polar surface area (TPSA) is 86.0 Å². The highest BCUT2D eigenvalue weighted by atomic mass is 16.6. The highest BCUT2D eigenvalue weighted by Gasteiger charge is 2.10. The van der Waals surface area contributed by atoms with Gasteiger partial charge in [0.1, 0.15) is 11.5 Å². The Balaban J connectivity index is 2.27. The SMILES string of the molecule is CCOc1ccc(OCC)c(/C(C)=N\Nc2cccc([N+](=O)[O-])c2)c1. The number of benzene rings is 2. The molecule has 25 heavy (non-hydrogen) atoms. The molecule has 2 aromatic carbocycles. The lowest BCUT2D eigenvalue weighted by Gasteiger charge is -2.12. The molecule has 0 saturated carbocycles. The van der Waals surface area contributed by atoms with Crippen molar-refractivity contribution in [3.8, 4) is 11.5 Å². The Morgan fingerprint density at radius 2 is 1.92 bits per heavy atom. The third-order valence-corrected chi connectivity index (χ3v) is 3.36. The summed E-state index contributed by atoms with van der Waals surface area (Å²) in [4.78, 5) is 10.4. The Morgan fingerprint density at radius 3 is 2.60 bits per heavy atom. The van der Waals surface area contributed by atoms with Gasteiger partial charge in [0.2, 0.25) is 0 Å². The number of nitro benzene ring substituents is 1. The minimum atomic E-state index is -0.444. The fourth-order valence-corrected chi connectivity index (χ4v) is 2.23. The summed E-state index contributed by atoms with van der Waals surface area (Å²) in [7, 11) is 0. The van der Waals surface area contributed by atoms with Crippen molar-refractivity contribution >= 4 is 17.1 Å². The van der Waals surface area contributed by atoms with Crippen LogP contribution >= 0.6 is 0 Å². The number of hydrogen-bond acceptors (Lipinski definition) is 6. The van der Waals surface area contributed by atoms with E-state index in [0.29, 0.717) is 30.4 Å². The molecule has 0 spiro atoms. The van der Waals surface area contributed by atoms with E-state index in [9.17, 15) is 10.1 Å². The predicted molar refractivity (Wildman–Crippen MR) is 97.7 cm³/mol. The van der Waals surface area contributed by atoms with Crippen molar-refractivity contribution in [1.29, 1.82) is 0 Å². The van der Waals surface area contributed by atoms with Gasteiger partial charge >= 0.3 is 0 Å².